The number of hydrogen-bond acceptors (Lipinski definition) is 5. The van der Waals surface area contributed by atoms with Crippen LogP contribution in [0.25, 0.3) is 0 Å². The van der Waals surface area contributed by atoms with E-state index in [2.05, 4.69) is 6.92 Å². The minimum atomic E-state index is -1.43. The summed E-state index contributed by atoms with van der Waals surface area (Å²) in [6, 6.07) is 9.81. The number of ether oxygens (including phenoxy) is 3. The molecule has 1 aliphatic heterocycles. The van der Waals surface area contributed by atoms with Gasteiger partial charge in [0, 0.05) is 10.8 Å². The van der Waals surface area contributed by atoms with Crippen molar-refractivity contribution in [2.24, 2.45) is 22.7 Å². The first-order valence-corrected chi connectivity index (χ1v) is 15.0. The van der Waals surface area contributed by atoms with E-state index in [1.54, 1.807) is 6.08 Å². The lowest BCUT2D eigenvalue weighted by Gasteiger charge is -2.64. The van der Waals surface area contributed by atoms with Gasteiger partial charge in [0.05, 0.1) is 21.4 Å². The number of halogens is 4. The first kappa shape index (κ1) is 28.1. The second-order valence-electron chi connectivity index (χ2n) is 12.5. The molecule has 9 heteroatoms. The van der Waals surface area contributed by atoms with Crippen molar-refractivity contribution in [1.82, 2.24) is 0 Å². The highest BCUT2D eigenvalue weighted by molar-refractivity contribution is 7.80. The Hall–Kier alpha value is -1.02. The van der Waals surface area contributed by atoms with Crippen molar-refractivity contribution in [2.45, 2.75) is 87.5 Å². The highest BCUT2D eigenvalue weighted by Crippen LogP contribution is 2.74. The minimum Gasteiger partial charge on any atom is -0.479 e. The summed E-state index contributed by atoms with van der Waals surface area (Å²) < 4.78 is 35.6. The number of benzene rings is 1. The summed E-state index contributed by atoms with van der Waals surface area (Å²) in [5, 5.41) is -0.379. The second kappa shape index (κ2) is 8.99. The van der Waals surface area contributed by atoms with Gasteiger partial charge in [-0.1, -0.05) is 61.9 Å². The maximum Gasteiger partial charge on any atom is 0.196 e. The van der Waals surface area contributed by atoms with Gasteiger partial charge in [0.25, 0.3) is 0 Å². The van der Waals surface area contributed by atoms with Crippen molar-refractivity contribution in [3.05, 3.63) is 58.7 Å². The molecule has 0 unspecified atom stereocenters. The molecule has 0 radical (unpaired) electrons. The van der Waals surface area contributed by atoms with Crippen molar-refractivity contribution in [2.75, 3.05) is 0 Å². The van der Waals surface area contributed by atoms with Gasteiger partial charge in [-0.15, -0.1) is 23.2 Å². The van der Waals surface area contributed by atoms with E-state index >= 15 is 4.39 Å². The highest BCUT2D eigenvalue weighted by atomic mass is 35.5. The average molecular weight is 614 g/mol. The molecule has 210 valence electrons. The maximum absolute atomic E-state index is 16.1. The van der Waals surface area contributed by atoms with Gasteiger partial charge in [-0.25, -0.2) is 4.39 Å². The third-order valence-electron chi connectivity index (χ3n) is 10.2. The van der Waals surface area contributed by atoms with Gasteiger partial charge < -0.3 is 14.2 Å². The standard InChI is InChI=1S/C30H32Cl3FO4S/c1-26(2)37-22-13-17-18-12-19(34)23-24(32)20(35)10-11-27(23,3)29(18,33)21(31)14-28(17,4)30(22,38-26)25(39)36-15-16-8-6-5-7-9-16/h5-11,17-19,21-22H,12-15H2,1-4H3/t17-,18-,19-,21-,22+,27-,28-,29-,30-/m0/s1. The number of alkyl halides is 3. The Morgan fingerprint density at radius 1 is 1.15 bits per heavy atom. The van der Waals surface area contributed by atoms with Gasteiger partial charge >= 0.3 is 0 Å². The first-order chi connectivity index (χ1) is 18.2. The zero-order chi connectivity index (χ0) is 28.2. The Labute approximate surface area is 249 Å². The number of thiocarbonyl (C=S) groups is 1. The molecule has 5 aliphatic rings. The summed E-state index contributed by atoms with van der Waals surface area (Å²) in [6.07, 6.45) is 2.35. The van der Waals surface area contributed by atoms with Crippen molar-refractivity contribution < 1.29 is 23.4 Å². The van der Waals surface area contributed by atoms with Crippen LogP contribution in [-0.2, 0) is 25.6 Å². The maximum atomic E-state index is 16.1. The van der Waals surface area contributed by atoms with Crippen LogP contribution in [0.5, 0.6) is 0 Å². The van der Waals surface area contributed by atoms with Crippen LogP contribution >= 0.6 is 47.0 Å². The van der Waals surface area contributed by atoms with Gasteiger partial charge in [-0.2, -0.15) is 0 Å². The Morgan fingerprint density at radius 3 is 2.54 bits per heavy atom. The molecule has 4 nitrogen and oxygen atoms in total. The highest BCUT2D eigenvalue weighted by Gasteiger charge is 2.79. The molecule has 1 heterocycles. The average Bonchev–Trinajstić information content (AvgIpc) is 3.28. The van der Waals surface area contributed by atoms with Crippen LogP contribution in [0.2, 0.25) is 0 Å². The van der Waals surface area contributed by atoms with E-state index in [-0.39, 0.29) is 28.9 Å². The topological polar surface area (TPSA) is 44.8 Å². The van der Waals surface area contributed by atoms with Gasteiger partial charge in [0.2, 0.25) is 0 Å². The molecule has 0 aromatic heterocycles. The van der Waals surface area contributed by atoms with E-state index in [4.69, 9.17) is 61.2 Å². The Balaban J connectivity index is 1.43. The molecule has 39 heavy (non-hydrogen) atoms. The molecule has 1 saturated heterocycles. The second-order valence-corrected chi connectivity index (χ2v) is 14.4. The zero-order valence-corrected chi connectivity index (χ0v) is 25.4. The van der Waals surface area contributed by atoms with E-state index in [9.17, 15) is 4.79 Å². The van der Waals surface area contributed by atoms with Crippen LogP contribution < -0.4 is 0 Å². The van der Waals surface area contributed by atoms with Crippen molar-refractivity contribution in [1.29, 1.82) is 0 Å². The third kappa shape index (κ3) is 3.61. The fourth-order valence-corrected chi connectivity index (χ4v) is 10.5. The molecule has 0 N–H and O–H groups in total. The first-order valence-electron chi connectivity index (χ1n) is 13.4. The molecule has 9 atom stereocenters. The summed E-state index contributed by atoms with van der Waals surface area (Å²) in [4.78, 5) is 11.3. The van der Waals surface area contributed by atoms with Crippen LogP contribution in [0.3, 0.4) is 0 Å². The van der Waals surface area contributed by atoms with Gasteiger partial charge in [0.15, 0.2) is 22.2 Å². The fraction of sp³-hybridized carbons (Fsp3) is 0.600. The van der Waals surface area contributed by atoms with Gasteiger partial charge in [-0.05, 0) is 74.4 Å². The largest absolute Gasteiger partial charge is 0.479 e. The van der Waals surface area contributed by atoms with E-state index in [0.29, 0.717) is 24.5 Å². The number of rotatable bonds is 3. The molecule has 0 bridgehead atoms. The van der Waals surface area contributed by atoms with Crippen LogP contribution in [0.1, 0.15) is 52.5 Å². The Morgan fingerprint density at radius 2 is 1.85 bits per heavy atom. The predicted octanol–water partition coefficient (Wildman–Crippen LogP) is 7.43. The molecule has 6 rings (SSSR count). The quantitative estimate of drug-likeness (QED) is 0.262. The monoisotopic (exact) mass is 612 g/mol. The smallest absolute Gasteiger partial charge is 0.196 e. The van der Waals surface area contributed by atoms with Crippen LogP contribution in [0.4, 0.5) is 4.39 Å². The molecule has 1 aromatic rings. The Kier molecular flexibility index (Phi) is 6.48. The summed E-state index contributed by atoms with van der Waals surface area (Å²) in [7, 11) is 0. The third-order valence-corrected chi connectivity index (χ3v) is 12.5. The molecule has 0 spiro atoms. The minimum absolute atomic E-state index is 0.0909. The van der Waals surface area contributed by atoms with Crippen molar-refractivity contribution in [3.63, 3.8) is 0 Å². The summed E-state index contributed by atoms with van der Waals surface area (Å²) in [5.74, 6) is -1.80. The summed E-state index contributed by atoms with van der Waals surface area (Å²) in [6.45, 7) is 8.01. The van der Waals surface area contributed by atoms with Gasteiger partial charge in [0.1, 0.15) is 12.8 Å². The molecular weight excluding hydrogens is 582 g/mol. The van der Waals surface area contributed by atoms with E-state index in [1.165, 1.54) is 6.08 Å². The molecule has 0 amide bonds. The van der Waals surface area contributed by atoms with Gasteiger partial charge in [-0.3, -0.25) is 4.79 Å². The molecule has 4 fully saturated rings. The molecule has 1 aromatic carbocycles. The number of ketones is 1. The predicted molar refractivity (Wildman–Crippen MR) is 154 cm³/mol. The number of carbonyl (C=O) groups is 1. The normalized spacial score (nSPS) is 45.8. The lowest BCUT2D eigenvalue weighted by Crippen LogP contribution is -2.69. The lowest BCUT2D eigenvalue weighted by atomic mass is 9.46. The Bertz CT molecular complexity index is 1300. The SMILES string of the molecule is CC1(C)O[C@@H]2C[C@H]3[C@@H]4C[C@H](F)C5=C(Cl)C(=O)C=C[C@]5(C)[C@@]4(Cl)[C@@H](Cl)C[C@]3(C)[C@]2(C(=S)OCc2ccccc2)O1. The number of hydrogen-bond donors (Lipinski definition) is 0. The number of fused-ring (bicyclic) bond motifs is 7. The van der Waals surface area contributed by atoms with Crippen LogP contribution in [0.15, 0.2) is 53.1 Å². The molecule has 3 saturated carbocycles. The van der Waals surface area contributed by atoms with Crippen molar-refractivity contribution in [3.8, 4) is 0 Å². The van der Waals surface area contributed by atoms with Crippen LogP contribution in [0, 0.1) is 22.7 Å². The molecule has 4 aliphatic carbocycles. The summed E-state index contributed by atoms with van der Waals surface area (Å²) >= 11 is 27.4. The van der Waals surface area contributed by atoms with Crippen LogP contribution in [-0.4, -0.2) is 44.7 Å². The number of carbonyl (C=O) groups excluding carboxylic acids is 1. The van der Waals surface area contributed by atoms with E-state index in [1.807, 2.05) is 51.1 Å². The van der Waals surface area contributed by atoms with E-state index in [0.717, 1.165) is 5.56 Å². The summed E-state index contributed by atoms with van der Waals surface area (Å²) in [5.41, 5.74) is -1.54. The fourth-order valence-electron chi connectivity index (χ4n) is 8.51. The zero-order valence-electron chi connectivity index (χ0n) is 22.3. The molecular formula is C30H32Cl3FO4S. The van der Waals surface area contributed by atoms with E-state index < -0.39 is 50.5 Å². The number of allylic oxidation sites excluding steroid dienone is 4. The lowest BCUT2D eigenvalue weighted by molar-refractivity contribution is -0.197. The van der Waals surface area contributed by atoms with Crippen molar-refractivity contribution >= 4 is 57.9 Å².